The average Bonchev–Trinajstić information content (AvgIpc) is 3.42. The first-order valence-electron chi connectivity index (χ1n) is 9.89. The Morgan fingerprint density at radius 1 is 1.21 bits per heavy atom. The molecule has 6 nitrogen and oxygen atoms in total. The first-order chi connectivity index (χ1) is 13.5. The highest BCUT2D eigenvalue weighted by atomic mass is 32.1. The van der Waals surface area contributed by atoms with Crippen LogP contribution in [0.25, 0.3) is 0 Å². The molecular weight excluding hydrogens is 372 g/mol. The molecule has 0 saturated carbocycles. The molecule has 28 heavy (non-hydrogen) atoms. The number of anilines is 2. The third-order valence-corrected chi connectivity index (χ3v) is 6.36. The molecule has 1 N–H and O–H groups in total. The second kappa shape index (κ2) is 7.91. The molecular formula is C21H26N4O2S. The van der Waals surface area contributed by atoms with E-state index in [2.05, 4.69) is 27.3 Å². The van der Waals surface area contributed by atoms with E-state index in [4.69, 9.17) is 0 Å². The van der Waals surface area contributed by atoms with E-state index < -0.39 is 0 Å². The fraction of sp³-hybridized carbons (Fsp3) is 0.476. The van der Waals surface area contributed by atoms with Crippen LogP contribution in [0.4, 0.5) is 11.4 Å². The minimum absolute atomic E-state index is 0.00577. The number of nitrogens with one attached hydrogen (secondary N) is 1. The maximum absolute atomic E-state index is 12.7. The van der Waals surface area contributed by atoms with E-state index in [1.165, 1.54) is 18.5 Å². The monoisotopic (exact) mass is 398 g/mol. The minimum Gasteiger partial charge on any atom is -0.372 e. The normalized spacial score (nSPS) is 20.6. The molecule has 1 aromatic heterocycles. The van der Waals surface area contributed by atoms with Crippen molar-refractivity contribution in [2.24, 2.45) is 5.92 Å². The van der Waals surface area contributed by atoms with E-state index in [0.29, 0.717) is 6.54 Å². The van der Waals surface area contributed by atoms with Gasteiger partial charge in [-0.2, -0.15) is 0 Å². The lowest BCUT2D eigenvalue weighted by molar-refractivity contribution is -0.126. The van der Waals surface area contributed by atoms with Crippen molar-refractivity contribution in [2.75, 3.05) is 29.4 Å². The number of amides is 2. The maximum Gasteiger partial charge on any atom is 0.227 e. The fourth-order valence-corrected chi connectivity index (χ4v) is 4.64. The highest BCUT2D eigenvalue weighted by Gasteiger charge is 2.35. The predicted molar refractivity (Wildman–Crippen MR) is 112 cm³/mol. The Morgan fingerprint density at radius 2 is 1.89 bits per heavy atom. The average molecular weight is 399 g/mol. The predicted octanol–water partition coefficient (Wildman–Crippen LogP) is 3.28. The van der Waals surface area contributed by atoms with E-state index >= 15 is 0 Å². The first kappa shape index (κ1) is 18.9. The number of aryl methyl sites for hydroxylation is 1. The standard InChI is InChI=1S/C21H26N4O2S/c1-14(19-13-28-15(2)23-19)22-21(27)16-11-20(26)25(12-16)18-7-5-17(6-8-18)24-9-3-4-10-24/h5-8,13-14,16H,3-4,9-12H2,1-2H3,(H,22,27). The Kier molecular flexibility index (Phi) is 5.35. The molecule has 0 radical (unpaired) electrons. The zero-order chi connectivity index (χ0) is 19.7. The van der Waals surface area contributed by atoms with Gasteiger partial charge in [-0.1, -0.05) is 0 Å². The molecule has 2 unspecified atom stereocenters. The molecule has 2 saturated heterocycles. The van der Waals surface area contributed by atoms with Gasteiger partial charge in [0.15, 0.2) is 0 Å². The Balaban J connectivity index is 1.38. The third-order valence-electron chi connectivity index (χ3n) is 5.57. The van der Waals surface area contributed by atoms with Gasteiger partial charge in [-0.25, -0.2) is 4.98 Å². The van der Waals surface area contributed by atoms with Crippen LogP contribution in [0.15, 0.2) is 29.6 Å². The molecule has 0 bridgehead atoms. The summed E-state index contributed by atoms with van der Waals surface area (Å²) in [5, 5.41) is 5.96. The first-order valence-corrected chi connectivity index (χ1v) is 10.8. The number of nitrogens with zero attached hydrogens (tertiary/aromatic N) is 3. The summed E-state index contributed by atoms with van der Waals surface area (Å²) < 4.78 is 0. The van der Waals surface area contributed by atoms with Crippen LogP contribution in [0, 0.1) is 12.8 Å². The number of hydrogen-bond acceptors (Lipinski definition) is 5. The Morgan fingerprint density at radius 3 is 2.54 bits per heavy atom. The molecule has 148 valence electrons. The lowest BCUT2D eigenvalue weighted by Gasteiger charge is -2.21. The summed E-state index contributed by atoms with van der Waals surface area (Å²) in [6.07, 6.45) is 2.73. The number of aromatic nitrogens is 1. The van der Waals surface area contributed by atoms with Gasteiger partial charge in [0.05, 0.1) is 22.7 Å². The van der Waals surface area contributed by atoms with Crippen molar-refractivity contribution in [1.29, 1.82) is 0 Å². The summed E-state index contributed by atoms with van der Waals surface area (Å²) in [4.78, 5) is 33.7. The summed E-state index contributed by atoms with van der Waals surface area (Å²) in [6, 6.07) is 7.99. The number of rotatable bonds is 5. The number of thiazole rings is 1. The van der Waals surface area contributed by atoms with E-state index in [9.17, 15) is 9.59 Å². The summed E-state index contributed by atoms with van der Waals surface area (Å²) in [6.45, 7) is 6.50. The van der Waals surface area contributed by atoms with Crippen LogP contribution in [0.2, 0.25) is 0 Å². The topological polar surface area (TPSA) is 65.5 Å². The maximum atomic E-state index is 12.7. The van der Waals surface area contributed by atoms with Gasteiger partial charge >= 0.3 is 0 Å². The van der Waals surface area contributed by atoms with E-state index in [1.54, 1.807) is 16.2 Å². The van der Waals surface area contributed by atoms with Gasteiger partial charge in [-0.05, 0) is 51.0 Å². The molecule has 2 aromatic rings. The quantitative estimate of drug-likeness (QED) is 0.839. The van der Waals surface area contributed by atoms with E-state index in [1.807, 2.05) is 31.4 Å². The highest BCUT2D eigenvalue weighted by molar-refractivity contribution is 7.09. The van der Waals surface area contributed by atoms with Crippen molar-refractivity contribution >= 4 is 34.5 Å². The lowest BCUT2D eigenvalue weighted by Crippen LogP contribution is -2.34. The summed E-state index contributed by atoms with van der Waals surface area (Å²) in [5.74, 6) is -0.401. The van der Waals surface area contributed by atoms with Crippen LogP contribution in [-0.4, -0.2) is 36.4 Å². The van der Waals surface area contributed by atoms with Crippen molar-refractivity contribution in [1.82, 2.24) is 10.3 Å². The van der Waals surface area contributed by atoms with Crippen LogP contribution >= 0.6 is 11.3 Å². The molecule has 1 aromatic carbocycles. The van der Waals surface area contributed by atoms with Crippen molar-refractivity contribution in [3.63, 3.8) is 0 Å². The van der Waals surface area contributed by atoms with Gasteiger partial charge in [0.1, 0.15) is 0 Å². The zero-order valence-electron chi connectivity index (χ0n) is 16.4. The summed E-state index contributed by atoms with van der Waals surface area (Å²) >= 11 is 1.57. The minimum atomic E-state index is -0.326. The largest absolute Gasteiger partial charge is 0.372 e. The molecule has 2 atom stereocenters. The van der Waals surface area contributed by atoms with Crippen molar-refractivity contribution in [3.8, 4) is 0 Å². The molecule has 0 aliphatic carbocycles. The second-order valence-corrected chi connectivity index (χ2v) is 8.70. The van der Waals surface area contributed by atoms with Gasteiger partial charge in [0.25, 0.3) is 0 Å². The van der Waals surface area contributed by atoms with E-state index in [-0.39, 0.29) is 30.2 Å². The van der Waals surface area contributed by atoms with Crippen LogP contribution in [0.3, 0.4) is 0 Å². The van der Waals surface area contributed by atoms with Crippen LogP contribution in [-0.2, 0) is 9.59 Å². The molecule has 2 fully saturated rings. The number of hydrogen-bond donors (Lipinski definition) is 1. The van der Waals surface area contributed by atoms with Crippen molar-refractivity contribution < 1.29 is 9.59 Å². The van der Waals surface area contributed by atoms with Gasteiger partial charge in [0, 0.05) is 42.8 Å². The van der Waals surface area contributed by atoms with Gasteiger partial charge < -0.3 is 15.1 Å². The second-order valence-electron chi connectivity index (χ2n) is 7.64. The SMILES string of the molecule is Cc1nc(C(C)NC(=O)C2CC(=O)N(c3ccc(N4CCCC4)cc3)C2)cs1. The molecule has 2 aliphatic heterocycles. The highest BCUT2D eigenvalue weighted by Crippen LogP contribution is 2.29. The number of carbonyl (C=O) groups is 2. The number of benzene rings is 1. The third kappa shape index (κ3) is 3.90. The van der Waals surface area contributed by atoms with Crippen LogP contribution in [0.5, 0.6) is 0 Å². The zero-order valence-corrected chi connectivity index (χ0v) is 17.2. The molecule has 2 aliphatic rings. The summed E-state index contributed by atoms with van der Waals surface area (Å²) in [7, 11) is 0. The smallest absolute Gasteiger partial charge is 0.227 e. The molecule has 2 amide bonds. The molecule has 0 spiro atoms. The molecule has 4 rings (SSSR count). The Bertz CT molecular complexity index is 858. The van der Waals surface area contributed by atoms with Gasteiger partial charge in [-0.3, -0.25) is 9.59 Å². The van der Waals surface area contributed by atoms with Crippen molar-refractivity contribution in [3.05, 3.63) is 40.3 Å². The Hall–Kier alpha value is -2.41. The number of carbonyl (C=O) groups excluding carboxylic acids is 2. The van der Waals surface area contributed by atoms with Crippen LogP contribution in [0.1, 0.15) is 42.9 Å². The van der Waals surface area contributed by atoms with E-state index in [0.717, 1.165) is 29.5 Å². The Labute approximate surface area is 169 Å². The summed E-state index contributed by atoms with van der Waals surface area (Å²) in [5.41, 5.74) is 2.94. The molecule has 7 heteroatoms. The fourth-order valence-electron chi connectivity index (χ4n) is 3.94. The van der Waals surface area contributed by atoms with Gasteiger partial charge in [-0.15, -0.1) is 11.3 Å². The van der Waals surface area contributed by atoms with Gasteiger partial charge in [0.2, 0.25) is 11.8 Å². The molecule has 3 heterocycles. The van der Waals surface area contributed by atoms with Crippen LogP contribution < -0.4 is 15.1 Å². The lowest BCUT2D eigenvalue weighted by atomic mass is 10.1. The van der Waals surface area contributed by atoms with Crippen molar-refractivity contribution in [2.45, 2.75) is 39.2 Å².